The van der Waals surface area contributed by atoms with Crippen LogP contribution in [0.25, 0.3) is 0 Å². The van der Waals surface area contributed by atoms with E-state index in [1.165, 1.54) is 21.6 Å². The lowest BCUT2D eigenvalue weighted by molar-refractivity contribution is -0.136. The van der Waals surface area contributed by atoms with Crippen LogP contribution in [0.1, 0.15) is 103 Å². The van der Waals surface area contributed by atoms with Crippen molar-refractivity contribution in [3.63, 3.8) is 0 Å². The molecule has 0 radical (unpaired) electrons. The molecule has 27 heteroatoms. The van der Waals surface area contributed by atoms with Crippen molar-refractivity contribution >= 4 is 86.7 Å². The zero-order valence-corrected chi connectivity index (χ0v) is 46.7. The van der Waals surface area contributed by atoms with Crippen molar-refractivity contribution in [3.8, 4) is 5.75 Å². The summed E-state index contributed by atoms with van der Waals surface area (Å²) in [4.78, 5) is 134. The molecule has 2 aliphatic rings. The average molecular weight is 1140 g/mol. The summed E-state index contributed by atoms with van der Waals surface area (Å²) in [5, 5.41) is 19.0. The number of hydrogen-bond donors (Lipinski definition) is 13. The van der Waals surface area contributed by atoms with E-state index in [-0.39, 0.29) is 75.7 Å². The number of hydrogen-bond acceptors (Lipinski definition) is 14. The van der Waals surface area contributed by atoms with E-state index in [0.717, 1.165) is 19.3 Å². The molecule has 1 saturated heterocycles. The predicted molar refractivity (Wildman–Crippen MR) is 303 cm³/mol. The summed E-state index contributed by atoms with van der Waals surface area (Å²) in [6, 6.07) is 6.38. The number of primary amides is 2. The van der Waals surface area contributed by atoms with Crippen molar-refractivity contribution in [3.05, 3.63) is 65.7 Å². The highest BCUT2D eigenvalue weighted by atomic mass is 33.1. The number of nitrogens with zero attached hydrogens (tertiary/aromatic N) is 2. The fourth-order valence-corrected chi connectivity index (χ4v) is 12.3. The molecule has 19 N–H and O–H groups in total. The fourth-order valence-electron chi connectivity index (χ4n) is 8.94. The van der Waals surface area contributed by atoms with Gasteiger partial charge in [0.05, 0.1) is 13.0 Å². The average Bonchev–Trinajstić information content (AvgIpc) is 3.39. The Morgan fingerprint density at radius 1 is 0.684 bits per heavy atom. The van der Waals surface area contributed by atoms with Crippen LogP contribution in [0.15, 0.2) is 64.6 Å². The lowest BCUT2D eigenvalue weighted by Gasteiger charge is -2.36. The number of aliphatic imine (C=N–C) groups is 2. The second-order valence-corrected chi connectivity index (χ2v) is 22.7. The molecule has 1 aliphatic carbocycles. The molecule has 79 heavy (non-hydrogen) atoms. The molecule has 0 bridgehead atoms. The van der Waals surface area contributed by atoms with Gasteiger partial charge in [0, 0.05) is 42.9 Å². The summed E-state index contributed by atoms with van der Waals surface area (Å²) in [7, 11) is 2.51. The SMILES string of the molecule is CCOc1ccc(C[C@H]2NC(=O)CC3(CCCCC3)SSCC(C(=O)N[C@@H](CCCN=C(N)N)C(=O)N[C@H](CCCN=C(N)N)C(N)=O)NC(=O)[C@H](CC(N)=O)NC(=O)[C@H](C(C)C)NC(=O)[C@H](Cc3ccccc3)NC2=O)cc1. The van der Waals surface area contributed by atoms with Gasteiger partial charge in [-0.25, -0.2) is 0 Å². The smallest absolute Gasteiger partial charge is 0.244 e. The van der Waals surface area contributed by atoms with Crippen molar-refractivity contribution in [2.75, 3.05) is 25.4 Å². The zero-order valence-electron chi connectivity index (χ0n) is 45.1. The molecule has 2 aromatic carbocycles. The van der Waals surface area contributed by atoms with Crippen LogP contribution >= 0.6 is 21.6 Å². The van der Waals surface area contributed by atoms with Crippen molar-refractivity contribution in [2.45, 2.75) is 151 Å². The largest absolute Gasteiger partial charge is 0.494 e. The molecule has 1 spiro atoms. The molecular weight excluding hydrogens is 1060 g/mol. The molecule has 1 unspecified atom stereocenters. The van der Waals surface area contributed by atoms with E-state index in [1.54, 1.807) is 68.4 Å². The molecule has 25 nitrogen and oxygen atoms in total. The molecule has 4 rings (SSSR count). The van der Waals surface area contributed by atoms with E-state index in [4.69, 9.17) is 39.1 Å². The predicted octanol–water partition coefficient (Wildman–Crippen LogP) is -1.12. The third-order valence-corrected chi connectivity index (χ3v) is 16.4. The molecule has 434 valence electrons. The van der Waals surface area contributed by atoms with Crippen molar-refractivity contribution < 1.29 is 47.9 Å². The summed E-state index contributed by atoms with van der Waals surface area (Å²) in [5.41, 5.74) is 34.6. The molecule has 2 aromatic rings. The highest BCUT2D eigenvalue weighted by Crippen LogP contribution is 2.48. The molecular formula is C52H79N15O10S2. The van der Waals surface area contributed by atoms with Crippen LogP contribution in [0.3, 0.4) is 0 Å². The Morgan fingerprint density at radius 2 is 1.24 bits per heavy atom. The van der Waals surface area contributed by atoms with Crippen molar-refractivity contribution in [1.82, 2.24) is 37.2 Å². The summed E-state index contributed by atoms with van der Waals surface area (Å²) >= 11 is 0. The molecule has 2 fully saturated rings. The van der Waals surface area contributed by atoms with Gasteiger partial charge in [0.15, 0.2) is 11.9 Å². The van der Waals surface area contributed by atoms with Crippen LogP contribution in [0.4, 0.5) is 0 Å². The normalized spacial score (nSPS) is 21.3. The van der Waals surface area contributed by atoms with E-state index in [9.17, 15) is 43.2 Å². The standard InChI is InChI=1S/C52H79N15O10S2/c1-4-77-33-19-17-32(18-20-33)26-36-45(72)64-37(25-31-13-7-5-8-14-31)47(74)67-42(30(2)3)49(76)65-38(27-40(53)68)46(73)66-39(29-78-79-52(28-41(69)61-36)21-9-6-10-22-52)48(75)63-35(16-12-24-60-51(57)58)44(71)62-34(43(54)70)15-11-23-59-50(55)56/h5,7-8,13-14,17-20,30,34-39,42H,4,6,9-12,15-16,21-29H2,1-3H3,(H2,53,68)(H2,54,70)(H,61,69)(H,62,71)(H,63,75)(H,64,72)(H,65,76)(H,66,73)(H,67,74)(H4,55,56,59)(H4,57,58,60)/t34-,35+,36-,37+,38+,39?,42+/m1/s1. The van der Waals surface area contributed by atoms with Gasteiger partial charge in [-0.2, -0.15) is 0 Å². The molecule has 0 aromatic heterocycles. The van der Waals surface area contributed by atoms with Gasteiger partial charge in [-0.05, 0) is 74.6 Å². The number of carbonyl (C=O) groups excluding carboxylic acids is 9. The Hall–Kier alpha value is -7.29. The topological polar surface area (TPSA) is 428 Å². The quantitative estimate of drug-likeness (QED) is 0.0287. The third-order valence-electron chi connectivity index (χ3n) is 13.1. The van der Waals surface area contributed by atoms with Gasteiger partial charge in [0.25, 0.3) is 0 Å². The van der Waals surface area contributed by atoms with Gasteiger partial charge in [-0.1, -0.05) is 97.2 Å². The van der Waals surface area contributed by atoms with Gasteiger partial charge in [0.2, 0.25) is 53.2 Å². The molecule has 7 atom stereocenters. The summed E-state index contributed by atoms with van der Waals surface area (Å²) in [5.74, 6) is -7.93. The minimum absolute atomic E-state index is 0.0209. The maximum Gasteiger partial charge on any atom is 0.244 e. The summed E-state index contributed by atoms with van der Waals surface area (Å²) in [6.45, 7) is 5.74. The molecule has 1 heterocycles. The Labute approximate surface area is 468 Å². The number of guanidine groups is 2. The second kappa shape index (κ2) is 32.6. The van der Waals surface area contributed by atoms with Crippen molar-refractivity contribution in [2.24, 2.45) is 50.3 Å². The van der Waals surface area contributed by atoms with E-state index in [0.29, 0.717) is 36.3 Å². The van der Waals surface area contributed by atoms with Crippen LogP contribution in [0.5, 0.6) is 5.75 Å². The summed E-state index contributed by atoms with van der Waals surface area (Å²) in [6.07, 6.45) is 3.17. The van der Waals surface area contributed by atoms with Crippen LogP contribution in [0, 0.1) is 5.92 Å². The van der Waals surface area contributed by atoms with E-state index < -0.39 is 113 Å². The second-order valence-electron chi connectivity index (χ2n) is 19.9. The number of carbonyl (C=O) groups is 9. The van der Waals surface area contributed by atoms with Crippen molar-refractivity contribution in [1.29, 1.82) is 0 Å². The maximum absolute atomic E-state index is 14.6. The Balaban J connectivity index is 1.79. The lowest BCUT2D eigenvalue weighted by Crippen LogP contribution is -2.61. The highest BCUT2D eigenvalue weighted by Gasteiger charge is 2.40. The number of rotatable bonds is 22. The van der Waals surface area contributed by atoms with Crippen LogP contribution < -0.4 is 76.4 Å². The number of nitrogens with one attached hydrogen (secondary N) is 7. The monoisotopic (exact) mass is 1140 g/mol. The van der Waals surface area contributed by atoms with E-state index in [1.807, 2.05) is 6.92 Å². The first-order valence-electron chi connectivity index (χ1n) is 26.4. The van der Waals surface area contributed by atoms with E-state index in [2.05, 4.69) is 47.2 Å². The Bertz CT molecular complexity index is 2450. The zero-order chi connectivity index (χ0) is 58.1. The maximum atomic E-state index is 14.6. The number of benzene rings is 2. The first-order valence-corrected chi connectivity index (χ1v) is 28.8. The Morgan fingerprint density at radius 3 is 1.81 bits per heavy atom. The summed E-state index contributed by atoms with van der Waals surface area (Å²) < 4.78 is 4.90. The number of ether oxygens (including phenoxy) is 1. The first-order chi connectivity index (χ1) is 37.6. The number of amides is 9. The molecule has 1 saturated carbocycles. The van der Waals surface area contributed by atoms with Crippen LogP contribution in [-0.2, 0) is 56.0 Å². The molecule has 1 aliphatic heterocycles. The minimum Gasteiger partial charge on any atom is -0.494 e. The fraction of sp³-hybridized carbons (Fsp3) is 0.558. The number of nitrogens with two attached hydrogens (primary N) is 6. The molecule has 9 amide bonds. The van der Waals surface area contributed by atoms with Crippen LogP contribution in [0.2, 0.25) is 0 Å². The van der Waals surface area contributed by atoms with Gasteiger partial charge in [-0.15, -0.1) is 0 Å². The third kappa shape index (κ3) is 22.5. The van der Waals surface area contributed by atoms with Gasteiger partial charge < -0.3 is 76.4 Å². The van der Waals surface area contributed by atoms with Gasteiger partial charge in [0.1, 0.15) is 48.0 Å². The highest BCUT2D eigenvalue weighted by molar-refractivity contribution is 8.77. The van der Waals surface area contributed by atoms with E-state index >= 15 is 0 Å². The first kappa shape index (κ1) is 64.2. The van der Waals surface area contributed by atoms with Crippen LogP contribution in [-0.4, -0.2) is 138 Å². The van der Waals surface area contributed by atoms with Gasteiger partial charge in [-0.3, -0.25) is 53.1 Å². The minimum atomic E-state index is -1.69. The van der Waals surface area contributed by atoms with Gasteiger partial charge >= 0.3 is 0 Å². The Kier molecular flexibility index (Phi) is 26.5. The lowest BCUT2D eigenvalue weighted by atomic mass is 9.85.